The summed E-state index contributed by atoms with van der Waals surface area (Å²) in [6.07, 6.45) is 0.152. The number of aryl methyl sites for hydroxylation is 1. The van der Waals surface area contributed by atoms with Crippen molar-refractivity contribution in [1.82, 2.24) is 9.78 Å². The first-order valence-corrected chi connectivity index (χ1v) is 11.5. The second-order valence-electron chi connectivity index (χ2n) is 7.33. The van der Waals surface area contributed by atoms with Crippen LogP contribution in [0.4, 0.5) is 5.00 Å². The number of rotatable bonds is 6. The molecule has 0 saturated heterocycles. The van der Waals surface area contributed by atoms with Crippen LogP contribution in [0.5, 0.6) is 0 Å². The molecule has 33 heavy (non-hydrogen) atoms. The zero-order valence-electron chi connectivity index (χ0n) is 17.9. The van der Waals surface area contributed by atoms with Crippen LogP contribution in [0.2, 0.25) is 5.02 Å². The third-order valence-corrected chi connectivity index (χ3v) is 6.00. The van der Waals surface area contributed by atoms with Gasteiger partial charge in [-0.1, -0.05) is 47.5 Å². The third-order valence-electron chi connectivity index (χ3n) is 4.87. The quantitative estimate of drug-likeness (QED) is 0.401. The SMILES string of the molecule is CCOC(=O)c1nn(-c2cccc(Cl)c2)c(=O)c2c(NC(=O)Cc3cccc(C)c3)scc12. The van der Waals surface area contributed by atoms with Crippen molar-refractivity contribution in [2.45, 2.75) is 20.3 Å². The Bertz CT molecular complexity index is 1430. The van der Waals surface area contributed by atoms with Gasteiger partial charge in [-0.2, -0.15) is 9.78 Å². The molecule has 4 aromatic rings. The lowest BCUT2D eigenvalue weighted by Crippen LogP contribution is -2.25. The minimum Gasteiger partial charge on any atom is -0.461 e. The van der Waals surface area contributed by atoms with E-state index in [1.807, 2.05) is 31.2 Å². The summed E-state index contributed by atoms with van der Waals surface area (Å²) in [5.74, 6) is -0.929. The number of halogens is 1. The summed E-state index contributed by atoms with van der Waals surface area (Å²) in [6, 6.07) is 14.2. The number of hydrogen-bond donors (Lipinski definition) is 1. The van der Waals surface area contributed by atoms with Crippen molar-refractivity contribution in [2.24, 2.45) is 0 Å². The Morgan fingerprint density at radius 2 is 1.97 bits per heavy atom. The van der Waals surface area contributed by atoms with E-state index >= 15 is 0 Å². The Morgan fingerprint density at radius 1 is 1.18 bits per heavy atom. The van der Waals surface area contributed by atoms with Crippen LogP contribution < -0.4 is 10.9 Å². The highest BCUT2D eigenvalue weighted by atomic mass is 35.5. The minimum absolute atomic E-state index is 0.0122. The molecule has 0 radical (unpaired) electrons. The summed E-state index contributed by atoms with van der Waals surface area (Å²) in [7, 11) is 0. The van der Waals surface area contributed by atoms with Gasteiger partial charge < -0.3 is 10.1 Å². The molecule has 0 aliphatic rings. The van der Waals surface area contributed by atoms with Crippen molar-refractivity contribution in [2.75, 3.05) is 11.9 Å². The third kappa shape index (κ3) is 4.81. The van der Waals surface area contributed by atoms with Gasteiger partial charge in [0.1, 0.15) is 5.00 Å². The lowest BCUT2D eigenvalue weighted by Gasteiger charge is -2.10. The number of amides is 1. The second kappa shape index (κ2) is 9.56. The molecule has 0 aliphatic heterocycles. The first-order valence-electron chi connectivity index (χ1n) is 10.2. The minimum atomic E-state index is -0.659. The highest BCUT2D eigenvalue weighted by Gasteiger charge is 2.23. The highest BCUT2D eigenvalue weighted by Crippen LogP contribution is 2.31. The van der Waals surface area contributed by atoms with Gasteiger partial charge in [0, 0.05) is 15.8 Å². The van der Waals surface area contributed by atoms with Crippen molar-refractivity contribution in [3.63, 3.8) is 0 Å². The van der Waals surface area contributed by atoms with E-state index in [2.05, 4.69) is 10.4 Å². The van der Waals surface area contributed by atoms with Gasteiger partial charge in [0.05, 0.1) is 24.1 Å². The van der Waals surface area contributed by atoms with E-state index in [1.165, 1.54) is 0 Å². The molecule has 0 fully saturated rings. The van der Waals surface area contributed by atoms with Crippen LogP contribution in [0.1, 0.15) is 28.5 Å². The summed E-state index contributed by atoms with van der Waals surface area (Å²) < 4.78 is 6.25. The van der Waals surface area contributed by atoms with Crippen LogP contribution in [0, 0.1) is 6.92 Å². The molecule has 0 saturated carbocycles. The molecule has 4 rings (SSSR count). The molecule has 0 unspecified atom stereocenters. The van der Waals surface area contributed by atoms with Gasteiger partial charge in [0.2, 0.25) is 5.91 Å². The van der Waals surface area contributed by atoms with E-state index in [0.717, 1.165) is 27.1 Å². The molecule has 1 amide bonds. The summed E-state index contributed by atoms with van der Waals surface area (Å²) in [4.78, 5) is 38.7. The number of carbonyl (C=O) groups is 2. The number of benzene rings is 2. The standard InChI is InChI=1S/C24H20ClN3O4S/c1-3-32-24(31)21-18-13-33-22(26-19(29)11-15-7-4-6-14(2)10-15)20(18)23(30)28(27-21)17-9-5-8-16(25)12-17/h4-10,12-13H,3,11H2,1-2H3,(H,26,29). The van der Waals surface area contributed by atoms with Gasteiger partial charge in [-0.25, -0.2) is 4.79 Å². The number of anilines is 1. The predicted octanol–water partition coefficient (Wildman–Crippen LogP) is 4.77. The van der Waals surface area contributed by atoms with Crippen LogP contribution in [0.25, 0.3) is 16.5 Å². The lowest BCUT2D eigenvalue weighted by molar-refractivity contribution is -0.115. The first-order chi connectivity index (χ1) is 15.9. The second-order valence-corrected chi connectivity index (χ2v) is 8.65. The van der Waals surface area contributed by atoms with Crippen molar-refractivity contribution < 1.29 is 14.3 Å². The van der Waals surface area contributed by atoms with Crippen molar-refractivity contribution >= 4 is 50.6 Å². The predicted molar refractivity (Wildman–Crippen MR) is 130 cm³/mol. The van der Waals surface area contributed by atoms with Gasteiger partial charge in [-0.3, -0.25) is 9.59 Å². The van der Waals surface area contributed by atoms with Crippen LogP contribution in [-0.2, 0) is 16.0 Å². The topological polar surface area (TPSA) is 90.3 Å². The molecule has 7 nitrogen and oxygen atoms in total. The van der Waals surface area contributed by atoms with E-state index in [0.29, 0.717) is 21.1 Å². The number of carbonyl (C=O) groups excluding carboxylic acids is 2. The molecule has 2 aromatic carbocycles. The lowest BCUT2D eigenvalue weighted by atomic mass is 10.1. The van der Waals surface area contributed by atoms with Gasteiger partial charge in [0.15, 0.2) is 5.69 Å². The summed E-state index contributed by atoms with van der Waals surface area (Å²) >= 11 is 7.25. The molecule has 9 heteroatoms. The smallest absolute Gasteiger partial charge is 0.359 e. The van der Waals surface area contributed by atoms with E-state index in [4.69, 9.17) is 16.3 Å². The summed E-state index contributed by atoms with van der Waals surface area (Å²) in [5.41, 5.74) is 1.81. The molecule has 0 bridgehead atoms. The number of nitrogens with one attached hydrogen (secondary N) is 1. The number of ether oxygens (including phenoxy) is 1. The Hall–Kier alpha value is -3.49. The van der Waals surface area contributed by atoms with Gasteiger partial charge in [-0.05, 0) is 37.6 Å². The van der Waals surface area contributed by atoms with Crippen LogP contribution in [0.15, 0.2) is 58.7 Å². The average Bonchev–Trinajstić information content (AvgIpc) is 3.18. The summed E-state index contributed by atoms with van der Waals surface area (Å²) in [6.45, 7) is 3.80. The molecule has 0 aliphatic carbocycles. The average molecular weight is 482 g/mol. The fraction of sp³-hybridized carbons (Fsp3) is 0.167. The highest BCUT2D eigenvalue weighted by molar-refractivity contribution is 7.16. The zero-order valence-corrected chi connectivity index (χ0v) is 19.5. The normalized spacial score (nSPS) is 10.9. The van der Waals surface area contributed by atoms with Crippen molar-refractivity contribution in [1.29, 1.82) is 0 Å². The molecule has 168 valence electrons. The molecule has 0 atom stereocenters. The maximum absolute atomic E-state index is 13.4. The van der Waals surface area contributed by atoms with E-state index in [9.17, 15) is 14.4 Å². The molecule has 1 N–H and O–H groups in total. The maximum Gasteiger partial charge on any atom is 0.359 e. The van der Waals surface area contributed by atoms with Crippen LogP contribution in [-0.4, -0.2) is 28.3 Å². The molecule has 2 heterocycles. The number of hydrogen-bond acceptors (Lipinski definition) is 6. The van der Waals surface area contributed by atoms with Gasteiger partial charge in [-0.15, -0.1) is 11.3 Å². The van der Waals surface area contributed by atoms with E-state index in [-0.39, 0.29) is 30.0 Å². The van der Waals surface area contributed by atoms with Crippen LogP contribution >= 0.6 is 22.9 Å². The van der Waals surface area contributed by atoms with Crippen LogP contribution in [0.3, 0.4) is 0 Å². The number of aromatic nitrogens is 2. The number of nitrogens with zero attached hydrogens (tertiary/aromatic N) is 2. The van der Waals surface area contributed by atoms with Crippen molar-refractivity contribution in [3.05, 3.63) is 86.1 Å². The molecule has 0 spiro atoms. The van der Waals surface area contributed by atoms with E-state index in [1.54, 1.807) is 36.6 Å². The zero-order chi connectivity index (χ0) is 23.5. The molecular formula is C24H20ClN3O4S. The largest absolute Gasteiger partial charge is 0.461 e. The monoisotopic (exact) mass is 481 g/mol. The number of thiophene rings is 1. The number of fused-ring (bicyclic) bond motifs is 1. The Morgan fingerprint density at radius 3 is 2.70 bits per heavy atom. The van der Waals surface area contributed by atoms with Gasteiger partial charge in [0.25, 0.3) is 5.56 Å². The van der Waals surface area contributed by atoms with E-state index < -0.39 is 11.5 Å². The first kappa shape index (κ1) is 22.7. The van der Waals surface area contributed by atoms with Crippen molar-refractivity contribution in [3.8, 4) is 5.69 Å². The molecule has 2 aromatic heterocycles. The fourth-order valence-electron chi connectivity index (χ4n) is 3.45. The van der Waals surface area contributed by atoms with Gasteiger partial charge >= 0.3 is 5.97 Å². The summed E-state index contributed by atoms with van der Waals surface area (Å²) in [5, 5.41) is 9.99. The Balaban J connectivity index is 1.80. The maximum atomic E-state index is 13.4. The Labute approximate surface area is 198 Å². The Kier molecular flexibility index (Phi) is 6.57. The fourth-order valence-corrected chi connectivity index (χ4v) is 4.59. The molecular weight excluding hydrogens is 462 g/mol. The number of esters is 1.